The van der Waals surface area contributed by atoms with Crippen LogP contribution in [-0.2, 0) is 0 Å². The molecule has 0 N–H and O–H groups in total. The van der Waals surface area contributed by atoms with Gasteiger partial charge in [-0.25, -0.2) is 9.50 Å². The predicted octanol–water partition coefficient (Wildman–Crippen LogP) is 3.02. The first-order valence-electron chi connectivity index (χ1n) is 3.04. The smallest absolute Gasteiger partial charge is 0.171 e. The molecule has 62 valence electrons. The molecule has 2 aromatic rings. The topological polar surface area (TPSA) is 30.2 Å². The number of rotatable bonds is 0. The number of aromatic nitrogens is 3. The quantitative estimate of drug-likeness (QED) is 0.680. The van der Waals surface area contributed by atoms with E-state index in [1.165, 1.54) is 0 Å². The third-order valence-corrected chi connectivity index (χ3v) is 2.88. The van der Waals surface area contributed by atoms with Crippen LogP contribution in [0.3, 0.4) is 0 Å². The highest BCUT2D eigenvalue weighted by Crippen LogP contribution is 2.22. The maximum absolute atomic E-state index is 4.24. The minimum Gasteiger partial charge on any atom is -0.220 e. The van der Waals surface area contributed by atoms with Gasteiger partial charge in [0.25, 0.3) is 0 Å². The van der Waals surface area contributed by atoms with Crippen molar-refractivity contribution < 1.29 is 0 Å². The summed E-state index contributed by atoms with van der Waals surface area (Å²) in [4.78, 5) is 4.24. The van der Waals surface area contributed by atoms with Crippen molar-refractivity contribution in [3.05, 3.63) is 25.9 Å². The van der Waals surface area contributed by atoms with E-state index in [0.717, 1.165) is 19.3 Å². The van der Waals surface area contributed by atoms with Gasteiger partial charge in [0, 0.05) is 6.07 Å². The fourth-order valence-electron chi connectivity index (χ4n) is 0.872. The largest absolute Gasteiger partial charge is 0.220 e. The second-order valence-corrected chi connectivity index (χ2v) is 4.61. The molecule has 12 heavy (non-hydrogen) atoms. The first-order valence-corrected chi connectivity index (χ1v) is 5.41. The monoisotopic (exact) mass is 353 g/mol. The second-order valence-electron chi connectivity index (χ2n) is 2.13. The molecule has 0 amide bonds. The summed E-state index contributed by atoms with van der Waals surface area (Å²) in [6.07, 6.45) is 1.71. The molecule has 6 heteroatoms. The first-order chi connectivity index (χ1) is 5.68. The van der Waals surface area contributed by atoms with E-state index in [9.17, 15) is 0 Å². The van der Waals surface area contributed by atoms with Crippen LogP contribution in [0.25, 0.3) is 5.65 Å². The number of fused-ring (bicyclic) bond motifs is 1. The van der Waals surface area contributed by atoms with Crippen LogP contribution in [0.5, 0.6) is 0 Å². The molecule has 0 aromatic carbocycles. The van der Waals surface area contributed by atoms with Gasteiger partial charge in [0.15, 0.2) is 5.65 Å². The standard InChI is InChI=1S/C6H2Br3N3/c7-3-2-10-12-5(9)1-4(8)11-6(3)12/h1-2H. The summed E-state index contributed by atoms with van der Waals surface area (Å²) in [5.41, 5.74) is 0.788. The second kappa shape index (κ2) is 3.08. The van der Waals surface area contributed by atoms with Crippen molar-refractivity contribution in [1.29, 1.82) is 0 Å². The van der Waals surface area contributed by atoms with E-state index in [2.05, 4.69) is 57.9 Å². The van der Waals surface area contributed by atoms with Gasteiger partial charge in [0.1, 0.15) is 9.21 Å². The Labute approximate surface area is 93.6 Å². The summed E-state index contributed by atoms with van der Waals surface area (Å²) in [7, 11) is 0. The highest BCUT2D eigenvalue weighted by molar-refractivity contribution is 9.11. The Morgan fingerprint density at radius 2 is 2.00 bits per heavy atom. The van der Waals surface area contributed by atoms with E-state index in [4.69, 9.17) is 0 Å². The minimum absolute atomic E-state index is 0.781. The molecule has 0 aliphatic heterocycles. The Balaban J connectivity index is 2.92. The molecule has 3 nitrogen and oxygen atoms in total. The number of halogens is 3. The van der Waals surface area contributed by atoms with Crippen molar-refractivity contribution in [2.24, 2.45) is 0 Å². The van der Waals surface area contributed by atoms with Gasteiger partial charge in [-0.05, 0) is 47.8 Å². The van der Waals surface area contributed by atoms with Gasteiger partial charge in [0.05, 0.1) is 10.7 Å². The van der Waals surface area contributed by atoms with E-state index in [-0.39, 0.29) is 0 Å². The molecular formula is C6H2Br3N3. The zero-order chi connectivity index (χ0) is 8.72. The lowest BCUT2D eigenvalue weighted by molar-refractivity contribution is 0.909. The number of nitrogens with zero attached hydrogens (tertiary/aromatic N) is 3. The van der Waals surface area contributed by atoms with Gasteiger partial charge in [-0.2, -0.15) is 5.10 Å². The van der Waals surface area contributed by atoms with E-state index < -0.39 is 0 Å². The van der Waals surface area contributed by atoms with Gasteiger partial charge < -0.3 is 0 Å². The van der Waals surface area contributed by atoms with Crippen LogP contribution >= 0.6 is 47.8 Å². The molecule has 0 unspecified atom stereocenters. The van der Waals surface area contributed by atoms with Gasteiger partial charge in [-0.3, -0.25) is 0 Å². The lowest BCUT2D eigenvalue weighted by atomic mass is 10.6. The minimum atomic E-state index is 0.781. The first kappa shape index (κ1) is 8.65. The Morgan fingerprint density at radius 1 is 1.25 bits per heavy atom. The van der Waals surface area contributed by atoms with E-state index in [1.54, 1.807) is 10.7 Å². The highest BCUT2D eigenvalue weighted by atomic mass is 79.9. The van der Waals surface area contributed by atoms with Crippen molar-refractivity contribution in [3.8, 4) is 0 Å². The summed E-state index contributed by atoms with van der Waals surface area (Å²) >= 11 is 10.0. The van der Waals surface area contributed by atoms with Crippen molar-refractivity contribution >= 4 is 53.4 Å². The van der Waals surface area contributed by atoms with Crippen molar-refractivity contribution in [2.75, 3.05) is 0 Å². The molecule has 0 radical (unpaired) electrons. The van der Waals surface area contributed by atoms with Crippen LogP contribution in [0.4, 0.5) is 0 Å². The molecule has 0 atom stereocenters. The van der Waals surface area contributed by atoms with Crippen molar-refractivity contribution in [2.45, 2.75) is 0 Å². The summed E-state index contributed by atoms with van der Waals surface area (Å²) in [6, 6.07) is 1.84. The maximum atomic E-state index is 4.24. The molecule has 0 saturated heterocycles. The van der Waals surface area contributed by atoms with Crippen LogP contribution in [0.15, 0.2) is 25.9 Å². The molecule has 0 saturated carbocycles. The van der Waals surface area contributed by atoms with Crippen LogP contribution in [0.2, 0.25) is 0 Å². The number of hydrogen-bond acceptors (Lipinski definition) is 2. The van der Waals surface area contributed by atoms with Crippen molar-refractivity contribution in [1.82, 2.24) is 14.6 Å². The van der Waals surface area contributed by atoms with Crippen molar-refractivity contribution in [3.63, 3.8) is 0 Å². The Morgan fingerprint density at radius 3 is 2.75 bits per heavy atom. The van der Waals surface area contributed by atoms with Gasteiger partial charge in [-0.15, -0.1) is 0 Å². The molecular weight excluding hydrogens is 354 g/mol. The van der Waals surface area contributed by atoms with Crippen LogP contribution in [-0.4, -0.2) is 14.6 Å². The molecule has 2 aromatic heterocycles. The fourth-order valence-corrected chi connectivity index (χ4v) is 2.39. The van der Waals surface area contributed by atoms with Gasteiger partial charge in [-0.1, -0.05) is 0 Å². The van der Waals surface area contributed by atoms with E-state index in [1.807, 2.05) is 6.07 Å². The predicted molar refractivity (Wildman–Crippen MR) is 56.1 cm³/mol. The fraction of sp³-hybridized carbons (Fsp3) is 0. The summed E-state index contributed by atoms with van der Waals surface area (Å²) in [6.45, 7) is 0. The Bertz CT molecular complexity index is 437. The van der Waals surface area contributed by atoms with Crippen LogP contribution < -0.4 is 0 Å². The highest BCUT2D eigenvalue weighted by Gasteiger charge is 2.06. The molecule has 0 aliphatic carbocycles. The lowest BCUT2D eigenvalue weighted by Crippen LogP contribution is -1.92. The van der Waals surface area contributed by atoms with Crippen LogP contribution in [0.1, 0.15) is 0 Å². The molecule has 0 aliphatic rings. The molecule has 0 fully saturated rings. The molecule has 2 heterocycles. The maximum Gasteiger partial charge on any atom is 0.171 e. The van der Waals surface area contributed by atoms with Gasteiger partial charge >= 0.3 is 0 Å². The summed E-state index contributed by atoms with van der Waals surface area (Å²) in [5, 5.41) is 4.10. The molecule has 2 rings (SSSR count). The summed E-state index contributed by atoms with van der Waals surface area (Å²) in [5.74, 6) is 0. The van der Waals surface area contributed by atoms with E-state index in [0.29, 0.717) is 0 Å². The molecule has 0 spiro atoms. The number of hydrogen-bond donors (Lipinski definition) is 0. The zero-order valence-electron chi connectivity index (χ0n) is 5.63. The average Bonchev–Trinajstić information content (AvgIpc) is 2.33. The Kier molecular flexibility index (Phi) is 2.22. The lowest BCUT2D eigenvalue weighted by Gasteiger charge is -1.96. The Hall–Kier alpha value is 0.0600. The van der Waals surface area contributed by atoms with E-state index >= 15 is 0 Å². The zero-order valence-corrected chi connectivity index (χ0v) is 10.4. The van der Waals surface area contributed by atoms with Crippen LogP contribution in [0, 0.1) is 0 Å². The average molecular weight is 356 g/mol. The van der Waals surface area contributed by atoms with Gasteiger partial charge in [0.2, 0.25) is 0 Å². The third kappa shape index (κ3) is 1.31. The SMILES string of the molecule is Brc1cc(Br)n2ncc(Br)c2n1. The third-order valence-electron chi connectivity index (χ3n) is 1.35. The normalized spacial score (nSPS) is 10.9. The molecule has 0 bridgehead atoms. The summed E-state index contributed by atoms with van der Waals surface area (Å²) < 4.78 is 4.23.